The topological polar surface area (TPSA) is 626 Å². The molecular formula is C59H90N16O23S2. The standard InChI is InChI=1S/C59H90N16O23S2/c1-25(2)44(75-58(96)45(26(3)4)74-55(93)40(22-78)72-52(90)37(18-43(82)83)67-48(86)33(60)17-42(80)81)57(95)73-41(23-99)56(94)64-27(5)46(84)63-28(6)47(85)66-34(13-14-100-8)49(87)70-38(20-76)53(91)68-35(15-30-9-11-32(79)12-10-30)51(89)71-39(21-77)54(92)69-36(16-31-19-61-24-62-31)50(88)65-29(7)59(97)98/h9-12,19,24-29,33-41,44-45,76-79,99H,13-18,20-23,60H2,1-8H3,(H,61,62)(H,63,84)(H,64,94)(H,65,88)(H,66,85)(H,67,86)(H,68,91)(H,69,92)(H,70,87)(H,71,89)(H,72,90)(H,73,95)(H,74,93)(H,75,96)(H,80,81)(H,82,83)(H,97,98)/t27-,28-,29-,33-,34-,35-,36-,37-,38-,39-,40-,41-,44-,45-/m0/s1. The Bertz CT molecular complexity index is 3180. The highest BCUT2D eigenvalue weighted by molar-refractivity contribution is 7.98. The highest BCUT2D eigenvalue weighted by atomic mass is 32.2. The zero-order valence-corrected chi connectivity index (χ0v) is 57.5. The van der Waals surface area contributed by atoms with E-state index in [1.807, 2.05) is 5.32 Å². The first-order valence-corrected chi connectivity index (χ1v) is 33.0. The van der Waals surface area contributed by atoms with Gasteiger partial charge in [-0.25, -0.2) is 4.98 Å². The third kappa shape index (κ3) is 29.4. The number of hydrogen-bond donors (Lipinski definition) is 23. The van der Waals surface area contributed by atoms with Gasteiger partial charge in [-0.15, -0.1) is 0 Å². The van der Waals surface area contributed by atoms with Crippen LogP contribution >= 0.6 is 24.4 Å². The summed E-state index contributed by atoms with van der Waals surface area (Å²) < 4.78 is 0. The van der Waals surface area contributed by atoms with E-state index in [1.165, 1.54) is 97.0 Å². The number of imidazole rings is 1. The second-order valence-electron chi connectivity index (χ2n) is 23.4. The normalized spacial score (nSPS) is 15.3. The van der Waals surface area contributed by atoms with Gasteiger partial charge >= 0.3 is 17.9 Å². The first kappa shape index (κ1) is 86.4. The average Bonchev–Trinajstić information content (AvgIpc) is 0.915. The summed E-state index contributed by atoms with van der Waals surface area (Å²) in [6.45, 7) is 6.34. The summed E-state index contributed by atoms with van der Waals surface area (Å²) in [7, 11) is 0. The minimum absolute atomic E-state index is 0.0916. The van der Waals surface area contributed by atoms with Crippen LogP contribution in [-0.4, -0.2) is 263 Å². The van der Waals surface area contributed by atoms with E-state index in [0.717, 1.165) is 0 Å². The average molecular weight is 1460 g/mol. The number of thiol groups is 1. The largest absolute Gasteiger partial charge is 0.508 e. The molecule has 0 saturated heterocycles. The molecule has 0 aliphatic rings. The molecule has 2 aromatic rings. The molecule has 100 heavy (non-hydrogen) atoms. The van der Waals surface area contributed by atoms with E-state index in [4.69, 9.17) is 10.8 Å². The minimum atomic E-state index is -1.91. The lowest BCUT2D eigenvalue weighted by Gasteiger charge is -2.29. The van der Waals surface area contributed by atoms with Gasteiger partial charge < -0.3 is 116 Å². The molecule has 0 unspecified atom stereocenters. The molecule has 0 bridgehead atoms. The second-order valence-corrected chi connectivity index (χ2v) is 24.8. The van der Waals surface area contributed by atoms with Crippen LogP contribution in [0.3, 0.4) is 0 Å². The predicted molar refractivity (Wildman–Crippen MR) is 354 cm³/mol. The van der Waals surface area contributed by atoms with E-state index >= 15 is 0 Å². The molecule has 41 heteroatoms. The van der Waals surface area contributed by atoms with Gasteiger partial charge in [0.25, 0.3) is 0 Å². The van der Waals surface area contributed by atoms with Crippen molar-refractivity contribution in [3.05, 3.63) is 48.0 Å². The fourth-order valence-electron chi connectivity index (χ4n) is 8.77. The zero-order valence-electron chi connectivity index (χ0n) is 55.8. The quantitative estimate of drug-likeness (QED) is 0.0274. The van der Waals surface area contributed by atoms with Crippen LogP contribution in [0, 0.1) is 11.8 Å². The third-order valence-electron chi connectivity index (χ3n) is 14.6. The molecule has 14 atom stereocenters. The maximum atomic E-state index is 14.0. The van der Waals surface area contributed by atoms with Crippen molar-refractivity contribution in [1.82, 2.24) is 79.1 Å². The van der Waals surface area contributed by atoms with Crippen molar-refractivity contribution in [2.45, 2.75) is 165 Å². The lowest BCUT2D eigenvalue weighted by Crippen LogP contribution is -2.62. The number of aromatic nitrogens is 2. The van der Waals surface area contributed by atoms with Crippen molar-refractivity contribution in [2.24, 2.45) is 17.6 Å². The number of H-pyrrole nitrogens is 1. The molecule has 556 valence electrons. The molecule has 39 nitrogen and oxygen atoms in total. The number of carboxylic acid groups (broad SMARTS) is 3. The number of hydrogen-bond acceptors (Lipinski definition) is 24. The van der Waals surface area contributed by atoms with Crippen molar-refractivity contribution in [3.8, 4) is 5.75 Å². The van der Waals surface area contributed by atoms with Crippen molar-refractivity contribution < 1.29 is 112 Å². The van der Waals surface area contributed by atoms with Crippen molar-refractivity contribution in [3.63, 3.8) is 0 Å². The lowest BCUT2D eigenvalue weighted by atomic mass is 9.99. The van der Waals surface area contributed by atoms with Crippen LogP contribution in [0.1, 0.15) is 79.0 Å². The number of aromatic hydroxyl groups is 1. The van der Waals surface area contributed by atoms with Crippen molar-refractivity contribution in [2.75, 3.05) is 37.6 Å². The molecule has 1 aromatic carbocycles. The van der Waals surface area contributed by atoms with Gasteiger partial charge in [0.2, 0.25) is 76.8 Å². The Morgan fingerprint density at radius 1 is 0.460 bits per heavy atom. The van der Waals surface area contributed by atoms with Gasteiger partial charge in [-0.2, -0.15) is 24.4 Å². The van der Waals surface area contributed by atoms with Crippen LogP contribution < -0.4 is 74.9 Å². The fourth-order valence-corrected chi connectivity index (χ4v) is 9.50. The van der Waals surface area contributed by atoms with Gasteiger partial charge in [-0.05, 0) is 68.7 Å². The first-order valence-electron chi connectivity index (χ1n) is 31.0. The van der Waals surface area contributed by atoms with E-state index in [9.17, 15) is 107 Å². The Balaban J connectivity index is 2.20. The van der Waals surface area contributed by atoms with Crippen LogP contribution in [0.5, 0.6) is 5.75 Å². The summed E-state index contributed by atoms with van der Waals surface area (Å²) in [6.07, 6.45) is 1.63. The Hall–Kier alpha value is -9.71. The Kier molecular flexibility index (Phi) is 37.1. The Morgan fingerprint density at radius 3 is 1.28 bits per heavy atom. The molecule has 1 heterocycles. The number of rotatable bonds is 44. The Morgan fingerprint density at radius 2 is 0.830 bits per heavy atom. The molecule has 2 rings (SSSR count). The number of carbonyl (C=O) groups is 16. The number of aliphatic hydroxyl groups is 3. The lowest BCUT2D eigenvalue weighted by molar-refractivity contribution is -0.142. The number of aliphatic carboxylic acids is 3. The summed E-state index contributed by atoms with van der Waals surface area (Å²) in [6, 6.07) is -17.1. The highest BCUT2D eigenvalue weighted by Crippen LogP contribution is 2.14. The third-order valence-corrected chi connectivity index (χ3v) is 15.6. The maximum Gasteiger partial charge on any atom is 0.325 e. The molecule has 1 aromatic heterocycles. The van der Waals surface area contributed by atoms with Gasteiger partial charge in [0.05, 0.1) is 45.0 Å². The second kappa shape index (κ2) is 43.0. The van der Waals surface area contributed by atoms with Gasteiger partial charge in [-0.3, -0.25) is 76.7 Å². The fraction of sp³-hybridized carbons (Fsp3) is 0.576. The number of phenols is 1. The monoisotopic (exact) mass is 1450 g/mol. The van der Waals surface area contributed by atoms with E-state index < -0.39 is 224 Å². The molecule has 0 fully saturated rings. The summed E-state index contributed by atoms with van der Waals surface area (Å²) in [5.74, 6) is -20.2. The number of nitrogens with zero attached hydrogens (tertiary/aromatic N) is 1. The molecule has 0 aliphatic heterocycles. The molecule has 0 saturated carbocycles. The van der Waals surface area contributed by atoms with Gasteiger partial charge in [-0.1, -0.05) is 39.8 Å². The van der Waals surface area contributed by atoms with Crippen molar-refractivity contribution >= 4 is 119 Å². The smallest absolute Gasteiger partial charge is 0.325 e. The number of carboxylic acids is 3. The molecule has 23 N–H and O–H groups in total. The van der Waals surface area contributed by atoms with E-state index in [-0.39, 0.29) is 36.5 Å². The van der Waals surface area contributed by atoms with Crippen LogP contribution in [-0.2, 0) is 89.6 Å². The predicted octanol–water partition coefficient (Wildman–Crippen LogP) is -8.40. The molecule has 0 spiro atoms. The molecule has 0 radical (unpaired) electrons. The van der Waals surface area contributed by atoms with E-state index in [0.29, 0.717) is 11.3 Å². The number of amides is 13. The summed E-state index contributed by atoms with van der Waals surface area (Å²) in [5.41, 5.74) is 6.17. The van der Waals surface area contributed by atoms with Gasteiger partial charge in [0.1, 0.15) is 84.3 Å². The van der Waals surface area contributed by atoms with Gasteiger partial charge in [0.15, 0.2) is 0 Å². The number of aliphatic hydroxyl groups excluding tert-OH is 3. The summed E-state index contributed by atoms with van der Waals surface area (Å²) >= 11 is 5.42. The molecule has 0 aliphatic carbocycles. The Labute approximate surface area is 582 Å². The van der Waals surface area contributed by atoms with Crippen LogP contribution in [0.15, 0.2) is 36.8 Å². The highest BCUT2D eigenvalue weighted by Gasteiger charge is 2.38. The number of nitrogens with one attached hydrogen (secondary N) is 14. The SMILES string of the molecule is CSCC[C@H](NC(=O)[C@H](C)NC(=O)[C@H](C)NC(=O)[C@H](CS)NC(=O)[C@@H](NC(=O)[C@@H](NC(=O)[C@H](CO)NC(=O)[C@H](CC(=O)O)NC(=O)[C@@H](N)CC(=O)O)C(C)C)C(C)C)C(=O)N[C@@H](CO)C(=O)N[C@@H](Cc1ccc(O)cc1)C(=O)N[C@@H](CO)C(=O)N[C@@H](Cc1cnc[nH]1)C(=O)N[C@@H](C)C(=O)O. The number of aromatic amines is 1. The van der Waals surface area contributed by atoms with Crippen LogP contribution in [0.2, 0.25) is 0 Å². The maximum absolute atomic E-state index is 14.0. The number of benzene rings is 1. The van der Waals surface area contributed by atoms with Crippen molar-refractivity contribution in [1.29, 1.82) is 0 Å². The van der Waals surface area contributed by atoms with E-state index in [1.54, 1.807) is 6.26 Å². The number of carbonyl (C=O) groups excluding carboxylic acids is 13. The summed E-state index contributed by atoms with van der Waals surface area (Å²) in [4.78, 5) is 216. The zero-order chi connectivity index (χ0) is 75.8. The number of thioether (sulfide) groups is 1. The first-order chi connectivity index (χ1) is 46.9. The minimum Gasteiger partial charge on any atom is -0.508 e. The number of nitrogens with two attached hydrogens (primary N) is 1. The van der Waals surface area contributed by atoms with E-state index in [2.05, 4.69) is 86.4 Å². The van der Waals surface area contributed by atoms with Gasteiger partial charge in [0, 0.05) is 30.5 Å². The summed E-state index contributed by atoms with van der Waals surface area (Å²) in [5, 5.41) is 98.4. The molecule has 13 amide bonds. The molecular weight excluding hydrogens is 1360 g/mol. The number of phenolic OH excluding ortho intramolecular Hbond substituents is 1. The van der Waals surface area contributed by atoms with Crippen LogP contribution in [0.25, 0.3) is 0 Å². The van der Waals surface area contributed by atoms with Crippen LogP contribution in [0.4, 0.5) is 0 Å².